The van der Waals surface area contributed by atoms with Gasteiger partial charge in [-0.15, -0.1) is 0 Å². The first-order chi connectivity index (χ1) is 5.52. The maximum atomic E-state index is 10.0. The van der Waals surface area contributed by atoms with Crippen LogP contribution in [0.4, 0.5) is 0 Å². The molecule has 0 saturated carbocycles. The fourth-order valence-corrected chi connectivity index (χ4v) is 3.05. The van der Waals surface area contributed by atoms with E-state index in [-0.39, 0.29) is 0 Å². The molecule has 1 unspecified atom stereocenters. The van der Waals surface area contributed by atoms with Gasteiger partial charge in [0.25, 0.3) is 0 Å². The van der Waals surface area contributed by atoms with Gasteiger partial charge in [-0.25, -0.2) is 0 Å². The fraction of sp³-hybridized carbons (Fsp3) is 1.00. The topological polar surface area (TPSA) is 23.5 Å². The monoisotopic (exact) mass is 189 g/mol. The third-order valence-electron chi connectivity index (χ3n) is 2.54. The number of rotatable bonds is 2. The Hall–Kier alpha value is 0.270. The molecule has 1 fully saturated rings. The van der Waals surface area contributed by atoms with E-state index in [0.717, 1.165) is 24.5 Å². The molecule has 0 radical (unpaired) electrons. The van der Waals surface area contributed by atoms with Crippen molar-refractivity contribution >= 4 is 11.8 Å². The molecule has 0 aromatic carbocycles. The van der Waals surface area contributed by atoms with Crippen LogP contribution in [0.25, 0.3) is 0 Å². The van der Waals surface area contributed by atoms with Gasteiger partial charge in [-0.1, -0.05) is 0 Å². The lowest BCUT2D eigenvalue weighted by atomic mass is 9.87. The largest absolute Gasteiger partial charge is 0.390 e. The summed E-state index contributed by atoms with van der Waals surface area (Å²) in [5.74, 6) is 2.65. The van der Waals surface area contributed by atoms with Crippen molar-refractivity contribution in [3.8, 4) is 0 Å². The van der Waals surface area contributed by atoms with E-state index in [1.54, 1.807) is 0 Å². The Morgan fingerprint density at radius 2 is 2.25 bits per heavy atom. The molecular weight excluding hydrogens is 170 g/mol. The molecule has 0 bridgehead atoms. The van der Waals surface area contributed by atoms with E-state index < -0.39 is 5.60 Å². The van der Waals surface area contributed by atoms with Crippen molar-refractivity contribution in [3.63, 3.8) is 0 Å². The molecule has 1 N–H and O–H groups in total. The van der Waals surface area contributed by atoms with Gasteiger partial charge in [-0.05, 0) is 33.2 Å². The molecule has 2 atom stereocenters. The van der Waals surface area contributed by atoms with Crippen molar-refractivity contribution in [2.24, 2.45) is 5.92 Å². The van der Waals surface area contributed by atoms with Crippen LogP contribution in [0.5, 0.6) is 0 Å². The molecule has 0 spiro atoms. The van der Waals surface area contributed by atoms with Gasteiger partial charge < -0.3 is 10.0 Å². The lowest BCUT2D eigenvalue weighted by Gasteiger charge is -2.38. The molecule has 0 aromatic heterocycles. The molecule has 3 heteroatoms. The van der Waals surface area contributed by atoms with Gasteiger partial charge in [0.05, 0.1) is 5.60 Å². The van der Waals surface area contributed by atoms with Gasteiger partial charge in [-0.3, -0.25) is 0 Å². The Labute approximate surface area is 79.3 Å². The van der Waals surface area contributed by atoms with Crippen LogP contribution in [-0.4, -0.2) is 47.8 Å². The van der Waals surface area contributed by atoms with E-state index in [1.807, 2.05) is 18.7 Å². The lowest BCUT2D eigenvalue weighted by molar-refractivity contribution is -0.00640. The average Bonchev–Trinajstić information content (AvgIpc) is 1.92. The number of hydrogen-bond acceptors (Lipinski definition) is 3. The van der Waals surface area contributed by atoms with Crippen molar-refractivity contribution in [1.82, 2.24) is 4.90 Å². The van der Waals surface area contributed by atoms with E-state index in [0.29, 0.717) is 5.92 Å². The smallest absolute Gasteiger partial charge is 0.0675 e. The van der Waals surface area contributed by atoms with Crippen LogP contribution in [0.2, 0.25) is 0 Å². The molecule has 12 heavy (non-hydrogen) atoms. The Balaban J connectivity index is 2.48. The SMILES string of the molecule is CN(C)C[C@@H]1CSCCC1(C)O. The van der Waals surface area contributed by atoms with E-state index in [2.05, 4.69) is 19.0 Å². The minimum atomic E-state index is -0.435. The van der Waals surface area contributed by atoms with Crippen molar-refractivity contribution in [1.29, 1.82) is 0 Å². The summed E-state index contributed by atoms with van der Waals surface area (Å²) in [4.78, 5) is 2.16. The van der Waals surface area contributed by atoms with Gasteiger partial charge in [0.2, 0.25) is 0 Å². The maximum Gasteiger partial charge on any atom is 0.0675 e. The van der Waals surface area contributed by atoms with Crippen LogP contribution < -0.4 is 0 Å². The van der Waals surface area contributed by atoms with Gasteiger partial charge in [0, 0.05) is 18.2 Å². The first kappa shape index (κ1) is 10.4. The van der Waals surface area contributed by atoms with Gasteiger partial charge in [0.1, 0.15) is 0 Å². The number of aliphatic hydroxyl groups is 1. The molecule has 1 aliphatic rings. The summed E-state index contributed by atoms with van der Waals surface area (Å²) in [5, 5.41) is 10.0. The van der Waals surface area contributed by atoms with Crippen LogP contribution in [0.1, 0.15) is 13.3 Å². The highest BCUT2D eigenvalue weighted by Gasteiger charge is 2.34. The molecule has 0 aliphatic carbocycles. The third-order valence-corrected chi connectivity index (χ3v) is 3.67. The summed E-state index contributed by atoms with van der Waals surface area (Å²) in [7, 11) is 4.13. The normalized spacial score (nSPS) is 37.2. The highest BCUT2D eigenvalue weighted by atomic mass is 32.2. The third kappa shape index (κ3) is 2.64. The van der Waals surface area contributed by atoms with Crippen molar-refractivity contribution in [3.05, 3.63) is 0 Å². The molecule has 1 heterocycles. The van der Waals surface area contributed by atoms with E-state index in [9.17, 15) is 5.11 Å². The summed E-state index contributed by atoms with van der Waals surface area (Å²) in [6.45, 7) is 2.97. The highest BCUT2D eigenvalue weighted by molar-refractivity contribution is 7.99. The molecule has 0 aromatic rings. The fourth-order valence-electron chi connectivity index (χ4n) is 1.58. The summed E-state index contributed by atoms with van der Waals surface area (Å²) in [6, 6.07) is 0. The van der Waals surface area contributed by atoms with Crippen LogP contribution in [0.15, 0.2) is 0 Å². The first-order valence-electron chi connectivity index (χ1n) is 4.47. The summed E-state index contributed by atoms with van der Waals surface area (Å²) < 4.78 is 0. The Bertz CT molecular complexity index is 147. The minimum Gasteiger partial charge on any atom is -0.390 e. The highest BCUT2D eigenvalue weighted by Crippen LogP contribution is 2.32. The van der Waals surface area contributed by atoms with Crippen LogP contribution in [0.3, 0.4) is 0 Å². The van der Waals surface area contributed by atoms with Gasteiger partial charge in [0.15, 0.2) is 0 Å². The predicted molar refractivity (Wildman–Crippen MR) is 54.6 cm³/mol. The van der Waals surface area contributed by atoms with E-state index in [1.165, 1.54) is 0 Å². The van der Waals surface area contributed by atoms with Crippen LogP contribution in [0, 0.1) is 5.92 Å². The molecule has 1 saturated heterocycles. The Morgan fingerprint density at radius 3 is 2.75 bits per heavy atom. The molecule has 1 aliphatic heterocycles. The molecule has 72 valence electrons. The molecule has 1 rings (SSSR count). The standard InChI is InChI=1S/C9H19NOS/c1-9(11)4-5-12-7-8(9)6-10(2)3/h8,11H,4-7H2,1-3H3/t8-,9?/m1/s1. The number of nitrogens with zero attached hydrogens (tertiary/aromatic N) is 1. The average molecular weight is 189 g/mol. The second-order valence-electron chi connectivity index (χ2n) is 4.14. The van der Waals surface area contributed by atoms with E-state index in [4.69, 9.17) is 0 Å². The molecular formula is C9H19NOS. The van der Waals surface area contributed by atoms with Crippen molar-refractivity contribution in [2.75, 3.05) is 32.1 Å². The van der Waals surface area contributed by atoms with Crippen molar-refractivity contribution < 1.29 is 5.11 Å². The first-order valence-corrected chi connectivity index (χ1v) is 5.63. The van der Waals surface area contributed by atoms with Gasteiger partial charge >= 0.3 is 0 Å². The zero-order valence-corrected chi connectivity index (χ0v) is 9.02. The number of thioether (sulfide) groups is 1. The van der Waals surface area contributed by atoms with Crippen LogP contribution >= 0.6 is 11.8 Å². The van der Waals surface area contributed by atoms with E-state index >= 15 is 0 Å². The maximum absolute atomic E-state index is 10.0. The second kappa shape index (κ2) is 3.99. The van der Waals surface area contributed by atoms with Gasteiger partial charge in [-0.2, -0.15) is 11.8 Å². The summed E-state index contributed by atoms with van der Waals surface area (Å²) in [5.41, 5.74) is -0.435. The Morgan fingerprint density at radius 1 is 1.58 bits per heavy atom. The lowest BCUT2D eigenvalue weighted by Crippen LogP contribution is -2.44. The predicted octanol–water partition coefficient (Wildman–Crippen LogP) is 1.05. The zero-order chi connectivity index (χ0) is 9.19. The second-order valence-corrected chi connectivity index (χ2v) is 5.29. The zero-order valence-electron chi connectivity index (χ0n) is 8.21. The number of hydrogen-bond donors (Lipinski definition) is 1. The molecule has 0 amide bonds. The molecule has 2 nitrogen and oxygen atoms in total. The van der Waals surface area contributed by atoms with Crippen molar-refractivity contribution in [2.45, 2.75) is 18.9 Å². The van der Waals surface area contributed by atoms with Crippen LogP contribution in [-0.2, 0) is 0 Å². The summed E-state index contributed by atoms with van der Waals surface area (Å²) in [6.07, 6.45) is 0.941. The minimum absolute atomic E-state index is 0.435. The summed E-state index contributed by atoms with van der Waals surface area (Å²) >= 11 is 1.96. The Kier molecular flexibility index (Phi) is 3.44. The quantitative estimate of drug-likeness (QED) is 0.702.